The van der Waals surface area contributed by atoms with Crippen molar-refractivity contribution in [2.75, 3.05) is 10.8 Å². The van der Waals surface area contributed by atoms with Gasteiger partial charge >= 0.3 is 0 Å². The van der Waals surface area contributed by atoms with Crippen LogP contribution in [-0.4, -0.2) is 43.8 Å². The monoisotopic (exact) mass is 633 g/mol. The standard InChI is InChI=1S/C31H34Cl2FN3O4S/c1-2-29(31(39)35-23-12-5-3-6-13-23)36(20-22-11-9-10-16-26(22)32)30(38)21-37(24-17-18-28(34)27(33)19-24)42(40,41)25-14-7-4-8-15-25/h4,7-11,14-19,23,29H,2-3,5-6,12-13,20-21H2,1H3,(H,35,39)/t29-/m0/s1. The summed E-state index contributed by atoms with van der Waals surface area (Å²) in [6.07, 6.45) is 5.21. The molecule has 1 aliphatic rings. The third-order valence-corrected chi connectivity index (χ3v) is 9.88. The van der Waals surface area contributed by atoms with E-state index in [1.807, 2.05) is 0 Å². The number of carbonyl (C=O) groups excluding carboxylic acids is 2. The van der Waals surface area contributed by atoms with Crippen LogP contribution in [0.3, 0.4) is 0 Å². The predicted octanol–water partition coefficient (Wildman–Crippen LogP) is 6.58. The number of hydrogen-bond acceptors (Lipinski definition) is 4. The van der Waals surface area contributed by atoms with E-state index in [2.05, 4.69) is 5.32 Å². The van der Waals surface area contributed by atoms with E-state index in [-0.39, 0.29) is 34.1 Å². The van der Waals surface area contributed by atoms with Crippen molar-refractivity contribution in [2.24, 2.45) is 0 Å². The molecule has 3 aromatic rings. The summed E-state index contributed by atoms with van der Waals surface area (Å²) in [5, 5.41) is 3.23. The highest BCUT2D eigenvalue weighted by molar-refractivity contribution is 7.92. The van der Waals surface area contributed by atoms with Crippen LogP contribution in [0.1, 0.15) is 51.0 Å². The largest absolute Gasteiger partial charge is 0.352 e. The molecule has 0 heterocycles. The third-order valence-electron chi connectivity index (χ3n) is 7.44. The molecule has 42 heavy (non-hydrogen) atoms. The molecule has 0 spiro atoms. The van der Waals surface area contributed by atoms with Crippen molar-refractivity contribution in [3.05, 3.63) is 94.2 Å². The van der Waals surface area contributed by atoms with Gasteiger partial charge in [-0.3, -0.25) is 13.9 Å². The normalized spacial score (nSPS) is 14.7. The van der Waals surface area contributed by atoms with Gasteiger partial charge in [-0.2, -0.15) is 0 Å². The Hall–Kier alpha value is -3.14. The van der Waals surface area contributed by atoms with E-state index in [1.54, 1.807) is 49.4 Å². The average molecular weight is 635 g/mol. The predicted molar refractivity (Wildman–Crippen MR) is 163 cm³/mol. The molecule has 0 radical (unpaired) electrons. The summed E-state index contributed by atoms with van der Waals surface area (Å²) in [4.78, 5) is 29.1. The molecule has 0 unspecified atom stereocenters. The molecule has 1 N–H and O–H groups in total. The fourth-order valence-corrected chi connectivity index (χ4v) is 6.96. The van der Waals surface area contributed by atoms with Crippen molar-refractivity contribution in [1.29, 1.82) is 0 Å². The lowest BCUT2D eigenvalue weighted by Crippen LogP contribution is -2.54. The highest BCUT2D eigenvalue weighted by atomic mass is 35.5. The number of anilines is 1. The van der Waals surface area contributed by atoms with Crippen LogP contribution >= 0.6 is 23.2 Å². The molecule has 1 atom stereocenters. The summed E-state index contributed by atoms with van der Waals surface area (Å²) >= 11 is 12.5. The molecule has 0 aromatic heterocycles. The summed E-state index contributed by atoms with van der Waals surface area (Å²) in [5.74, 6) is -1.65. The molecule has 1 saturated carbocycles. The summed E-state index contributed by atoms with van der Waals surface area (Å²) in [6, 6.07) is 17.2. The van der Waals surface area contributed by atoms with Gasteiger partial charge in [-0.15, -0.1) is 0 Å². The zero-order valence-corrected chi connectivity index (χ0v) is 25.6. The molecule has 7 nitrogen and oxygen atoms in total. The molecule has 1 aliphatic carbocycles. The van der Waals surface area contributed by atoms with Gasteiger partial charge in [-0.1, -0.05) is 85.8 Å². The maximum Gasteiger partial charge on any atom is 0.264 e. The first-order valence-corrected chi connectivity index (χ1v) is 16.2. The van der Waals surface area contributed by atoms with E-state index in [1.165, 1.54) is 23.1 Å². The van der Waals surface area contributed by atoms with Crippen LogP contribution in [0.15, 0.2) is 77.7 Å². The van der Waals surface area contributed by atoms with Crippen LogP contribution in [-0.2, 0) is 26.2 Å². The van der Waals surface area contributed by atoms with E-state index in [0.29, 0.717) is 17.0 Å². The number of carbonyl (C=O) groups is 2. The second-order valence-corrected chi connectivity index (χ2v) is 13.0. The Morgan fingerprint density at radius 3 is 2.26 bits per heavy atom. The molecule has 0 bridgehead atoms. The zero-order chi connectivity index (χ0) is 30.3. The van der Waals surface area contributed by atoms with E-state index in [9.17, 15) is 22.4 Å². The first-order chi connectivity index (χ1) is 20.1. The van der Waals surface area contributed by atoms with Crippen molar-refractivity contribution in [3.8, 4) is 0 Å². The Morgan fingerprint density at radius 1 is 0.952 bits per heavy atom. The quantitative estimate of drug-likeness (QED) is 0.258. The van der Waals surface area contributed by atoms with Crippen LogP contribution in [0.5, 0.6) is 0 Å². The molecule has 1 fully saturated rings. The number of sulfonamides is 1. The van der Waals surface area contributed by atoms with Gasteiger partial charge in [-0.25, -0.2) is 12.8 Å². The summed E-state index contributed by atoms with van der Waals surface area (Å²) < 4.78 is 42.7. The summed E-state index contributed by atoms with van der Waals surface area (Å²) in [7, 11) is -4.29. The number of rotatable bonds is 11. The number of amides is 2. The van der Waals surface area contributed by atoms with Crippen LogP contribution in [0.4, 0.5) is 10.1 Å². The molecule has 0 aliphatic heterocycles. The Balaban J connectivity index is 1.72. The van der Waals surface area contributed by atoms with Gasteiger partial charge in [-0.05, 0) is 61.2 Å². The fourth-order valence-electron chi connectivity index (χ4n) is 5.16. The van der Waals surface area contributed by atoms with Crippen LogP contribution in [0, 0.1) is 5.82 Å². The highest BCUT2D eigenvalue weighted by Crippen LogP contribution is 2.29. The first-order valence-electron chi connectivity index (χ1n) is 14.0. The summed E-state index contributed by atoms with van der Waals surface area (Å²) in [5.41, 5.74) is 0.620. The number of benzene rings is 3. The molecule has 0 saturated heterocycles. The SMILES string of the molecule is CC[C@@H](C(=O)NC1CCCCC1)N(Cc1ccccc1Cl)C(=O)CN(c1ccc(F)c(Cl)c1)S(=O)(=O)c1ccccc1. The van der Waals surface area contributed by atoms with Crippen molar-refractivity contribution in [1.82, 2.24) is 10.2 Å². The minimum absolute atomic E-state index is 0.0102. The molecule has 2 amide bonds. The topological polar surface area (TPSA) is 86.8 Å². The lowest BCUT2D eigenvalue weighted by atomic mass is 9.95. The lowest BCUT2D eigenvalue weighted by Gasteiger charge is -2.34. The van der Waals surface area contributed by atoms with Crippen molar-refractivity contribution in [2.45, 2.75) is 69.0 Å². The second kappa shape index (κ2) is 14.4. The second-order valence-electron chi connectivity index (χ2n) is 10.3. The van der Waals surface area contributed by atoms with Gasteiger partial charge in [0.25, 0.3) is 10.0 Å². The van der Waals surface area contributed by atoms with E-state index >= 15 is 0 Å². The fraction of sp³-hybridized carbons (Fsp3) is 0.355. The van der Waals surface area contributed by atoms with E-state index < -0.39 is 34.3 Å². The van der Waals surface area contributed by atoms with Crippen LogP contribution < -0.4 is 9.62 Å². The molecule has 4 rings (SSSR count). The maximum atomic E-state index is 14.2. The van der Waals surface area contributed by atoms with Gasteiger partial charge < -0.3 is 10.2 Å². The summed E-state index contributed by atoms with van der Waals surface area (Å²) in [6.45, 7) is 1.13. The van der Waals surface area contributed by atoms with Crippen molar-refractivity contribution in [3.63, 3.8) is 0 Å². The van der Waals surface area contributed by atoms with Crippen LogP contribution in [0.25, 0.3) is 0 Å². The minimum atomic E-state index is -4.29. The van der Waals surface area contributed by atoms with E-state index in [4.69, 9.17) is 23.2 Å². The highest BCUT2D eigenvalue weighted by Gasteiger charge is 2.34. The first kappa shape index (κ1) is 31.8. The number of nitrogens with one attached hydrogen (secondary N) is 1. The number of hydrogen-bond donors (Lipinski definition) is 1. The van der Waals surface area contributed by atoms with Gasteiger partial charge in [0.1, 0.15) is 18.4 Å². The molecule has 224 valence electrons. The Bertz CT molecular complexity index is 1500. The Labute approximate surface area is 256 Å². The average Bonchev–Trinajstić information content (AvgIpc) is 2.99. The zero-order valence-electron chi connectivity index (χ0n) is 23.3. The molecule has 11 heteroatoms. The Kier molecular flexibility index (Phi) is 10.9. The van der Waals surface area contributed by atoms with Crippen molar-refractivity contribution >= 4 is 50.7 Å². The molecule has 3 aromatic carbocycles. The Morgan fingerprint density at radius 2 is 1.62 bits per heavy atom. The van der Waals surface area contributed by atoms with Crippen LogP contribution in [0.2, 0.25) is 10.0 Å². The van der Waals surface area contributed by atoms with Crippen molar-refractivity contribution < 1.29 is 22.4 Å². The molecular formula is C31H34Cl2FN3O4S. The number of halogens is 3. The number of nitrogens with zero attached hydrogens (tertiary/aromatic N) is 2. The molecular weight excluding hydrogens is 600 g/mol. The maximum absolute atomic E-state index is 14.2. The minimum Gasteiger partial charge on any atom is -0.352 e. The van der Waals surface area contributed by atoms with Gasteiger partial charge in [0.15, 0.2) is 0 Å². The lowest BCUT2D eigenvalue weighted by molar-refractivity contribution is -0.140. The van der Waals surface area contributed by atoms with Gasteiger partial charge in [0.05, 0.1) is 15.6 Å². The van der Waals surface area contributed by atoms with E-state index in [0.717, 1.165) is 48.5 Å². The van der Waals surface area contributed by atoms with Gasteiger partial charge in [0.2, 0.25) is 11.8 Å². The third kappa shape index (κ3) is 7.62. The smallest absolute Gasteiger partial charge is 0.264 e. The van der Waals surface area contributed by atoms with Gasteiger partial charge in [0, 0.05) is 17.6 Å².